The average molecular weight is 520 g/mol. The average Bonchev–Trinajstić information content (AvgIpc) is 3.03. The molecule has 0 radical (unpaired) electrons. The first-order valence-corrected chi connectivity index (χ1v) is 12.4. The highest BCUT2D eigenvalue weighted by Crippen LogP contribution is 2.35. The third-order valence-corrected chi connectivity index (χ3v) is 7.11. The van der Waals surface area contributed by atoms with Crippen LogP contribution in [0.1, 0.15) is 51.9 Å². The van der Waals surface area contributed by atoms with Crippen LogP contribution in [0.25, 0.3) is 0 Å². The summed E-state index contributed by atoms with van der Waals surface area (Å²) in [7, 11) is 0. The van der Waals surface area contributed by atoms with Crippen molar-refractivity contribution in [2.24, 2.45) is 5.92 Å². The molecule has 3 heterocycles. The summed E-state index contributed by atoms with van der Waals surface area (Å²) in [4.78, 5) is 42.1. The molecule has 3 aromatic rings. The lowest BCUT2D eigenvalue weighted by atomic mass is 9.98. The van der Waals surface area contributed by atoms with Crippen molar-refractivity contribution in [3.8, 4) is 5.75 Å². The molecule has 2 aromatic carbocycles. The minimum atomic E-state index is -0.807. The second-order valence-corrected chi connectivity index (χ2v) is 9.66. The van der Waals surface area contributed by atoms with E-state index < -0.39 is 23.0 Å². The maximum absolute atomic E-state index is 14.1. The summed E-state index contributed by atoms with van der Waals surface area (Å²) in [5, 5.41) is 2.54. The van der Waals surface area contributed by atoms with E-state index >= 15 is 0 Å². The minimum Gasteiger partial charge on any atom is -0.483 e. The van der Waals surface area contributed by atoms with Gasteiger partial charge in [-0.1, -0.05) is 55.5 Å². The molecule has 9 heteroatoms. The van der Waals surface area contributed by atoms with Gasteiger partial charge in [0, 0.05) is 37.0 Å². The maximum atomic E-state index is 14.1. The van der Waals surface area contributed by atoms with Gasteiger partial charge in [0.15, 0.2) is 11.4 Å². The molecule has 0 saturated carbocycles. The number of allylic oxidation sites excluding steroid dienone is 1. The smallest absolute Gasteiger partial charge is 0.275 e. The van der Waals surface area contributed by atoms with Crippen LogP contribution in [0.3, 0.4) is 0 Å². The Hall–Kier alpha value is -4.27. The van der Waals surface area contributed by atoms with Gasteiger partial charge in [-0.2, -0.15) is 0 Å². The van der Waals surface area contributed by atoms with Gasteiger partial charge in [0.2, 0.25) is 5.43 Å². The van der Waals surface area contributed by atoms with Crippen LogP contribution >= 0.6 is 0 Å². The molecule has 1 N–H and O–H groups in total. The lowest BCUT2D eigenvalue weighted by Gasteiger charge is -2.39. The van der Waals surface area contributed by atoms with Gasteiger partial charge in [0.25, 0.3) is 11.8 Å². The fourth-order valence-electron chi connectivity index (χ4n) is 4.89. The third-order valence-electron chi connectivity index (χ3n) is 7.11. The van der Waals surface area contributed by atoms with E-state index in [1.807, 2.05) is 56.3 Å². The number of rotatable bonds is 6. The Morgan fingerprint density at radius 1 is 1.08 bits per heavy atom. The van der Waals surface area contributed by atoms with Crippen LogP contribution in [0.2, 0.25) is 0 Å². The van der Waals surface area contributed by atoms with Crippen LogP contribution in [0.5, 0.6) is 5.75 Å². The lowest BCUT2D eigenvalue weighted by Crippen LogP contribution is -2.48. The van der Waals surface area contributed by atoms with E-state index in [0.717, 1.165) is 17.7 Å². The number of hydrogen-bond acceptors (Lipinski definition) is 4. The van der Waals surface area contributed by atoms with E-state index in [9.17, 15) is 23.2 Å². The molecule has 196 valence electrons. The van der Waals surface area contributed by atoms with E-state index in [0.29, 0.717) is 6.54 Å². The maximum Gasteiger partial charge on any atom is 0.275 e. The number of benzene rings is 2. The van der Waals surface area contributed by atoms with Crippen LogP contribution < -0.4 is 15.5 Å². The van der Waals surface area contributed by atoms with E-state index in [-0.39, 0.29) is 59.6 Å². The molecule has 0 unspecified atom stereocenters. The second-order valence-electron chi connectivity index (χ2n) is 9.66. The molecule has 2 bridgehead atoms. The highest BCUT2D eigenvalue weighted by molar-refractivity contribution is 5.99. The van der Waals surface area contributed by atoms with E-state index in [1.54, 1.807) is 9.47 Å². The zero-order valence-corrected chi connectivity index (χ0v) is 21.0. The number of amides is 2. The Bertz CT molecular complexity index is 1490. The number of halogens is 2. The summed E-state index contributed by atoms with van der Waals surface area (Å²) in [6.07, 6.45) is 5.38. The Morgan fingerprint density at radius 3 is 2.58 bits per heavy atom. The van der Waals surface area contributed by atoms with Crippen molar-refractivity contribution in [3.63, 3.8) is 0 Å². The minimum absolute atomic E-state index is 0.00278. The molecule has 0 aliphatic carbocycles. The molecule has 2 amide bonds. The molecule has 3 atom stereocenters. The van der Waals surface area contributed by atoms with Crippen molar-refractivity contribution in [1.29, 1.82) is 0 Å². The number of hydrogen-bond donors (Lipinski definition) is 1. The largest absolute Gasteiger partial charge is 0.483 e. The van der Waals surface area contributed by atoms with E-state index in [2.05, 4.69) is 5.32 Å². The normalized spacial score (nSPS) is 20.1. The number of ether oxygens (including phenoxy) is 1. The monoisotopic (exact) mass is 519 g/mol. The predicted octanol–water partition coefficient (Wildman–Crippen LogP) is 4.23. The summed E-state index contributed by atoms with van der Waals surface area (Å²) >= 11 is 0. The Balaban J connectivity index is 1.56. The van der Waals surface area contributed by atoms with Crippen LogP contribution in [0.4, 0.5) is 8.78 Å². The van der Waals surface area contributed by atoms with Crippen LogP contribution in [0.15, 0.2) is 71.7 Å². The quantitative estimate of drug-likeness (QED) is 0.495. The van der Waals surface area contributed by atoms with Gasteiger partial charge in [-0.3, -0.25) is 14.4 Å². The second kappa shape index (κ2) is 10.2. The van der Waals surface area contributed by atoms with Crippen molar-refractivity contribution >= 4 is 11.8 Å². The molecule has 2 aliphatic heterocycles. The molecule has 7 nitrogen and oxygen atoms in total. The highest BCUT2D eigenvalue weighted by atomic mass is 19.1. The van der Waals surface area contributed by atoms with E-state index in [4.69, 9.17) is 4.74 Å². The van der Waals surface area contributed by atoms with Crippen molar-refractivity contribution in [2.45, 2.75) is 39.1 Å². The number of nitrogens with zero attached hydrogens (tertiary/aromatic N) is 2. The third kappa shape index (κ3) is 4.71. The van der Waals surface area contributed by atoms with Crippen LogP contribution in [0, 0.1) is 17.6 Å². The predicted molar refractivity (Wildman–Crippen MR) is 137 cm³/mol. The zero-order valence-electron chi connectivity index (χ0n) is 21.0. The van der Waals surface area contributed by atoms with Gasteiger partial charge in [-0.05, 0) is 24.5 Å². The van der Waals surface area contributed by atoms with Gasteiger partial charge >= 0.3 is 0 Å². The molecule has 1 aromatic heterocycles. The molecule has 0 spiro atoms. The fraction of sp³-hybridized carbons (Fsp3) is 0.276. The summed E-state index contributed by atoms with van der Waals surface area (Å²) in [6.45, 7) is 4.11. The number of nitrogens with one attached hydrogen (secondary N) is 1. The standard InChI is InChI=1S/C29H27F2N3O4/c1-17-8-9-18(2)33-15-24(17)34-14-22(28(36)32-13-20-10-11-21(30)12-23(20)31)26(35)27(25(34)29(33)37)38-16-19-6-4-3-5-7-19/h3-12,14,17-18,24H,13,15-16H2,1-2H3,(H,32,36)/t17-,18+,24-/m1/s1. The highest BCUT2D eigenvalue weighted by Gasteiger charge is 2.40. The SMILES string of the molecule is C[C@@H]1C=C[C@H](C)N2C[C@H]1n1cc(C(=O)NCc3ccc(F)cc3F)c(=O)c(OCc3ccccc3)c1C2=O. The number of aromatic nitrogens is 1. The first kappa shape index (κ1) is 25.4. The van der Waals surface area contributed by atoms with Gasteiger partial charge in [-0.15, -0.1) is 0 Å². The number of pyridine rings is 1. The van der Waals surface area contributed by atoms with Crippen molar-refractivity contribution in [2.75, 3.05) is 6.54 Å². The summed E-state index contributed by atoms with van der Waals surface area (Å²) in [5.41, 5.74) is 0.00265. The number of carbonyl (C=O) groups is 2. The topological polar surface area (TPSA) is 80.6 Å². The van der Waals surface area contributed by atoms with Gasteiger partial charge < -0.3 is 19.5 Å². The summed E-state index contributed by atoms with van der Waals surface area (Å²) in [6, 6.07) is 11.8. The molecule has 38 heavy (non-hydrogen) atoms. The first-order chi connectivity index (χ1) is 18.2. The van der Waals surface area contributed by atoms with Crippen molar-refractivity contribution < 1.29 is 23.1 Å². The molecule has 5 rings (SSSR count). The van der Waals surface area contributed by atoms with E-state index in [1.165, 1.54) is 12.3 Å². The van der Waals surface area contributed by atoms with Crippen molar-refractivity contribution in [1.82, 2.24) is 14.8 Å². The van der Waals surface area contributed by atoms with Gasteiger partial charge in [0.1, 0.15) is 23.8 Å². The fourth-order valence-corrected chi connectivity index (χ4v) is 4.89. The molecule has 0 saturated heterocycles. The molecular formula is C29H27F2N3O4. The Kier molecular flexibility index (Phi) is 6.84. The Labute approximate surface area is 218 Å². The van der Waals surface area contributed by atoms with Crippen LogP contribution in [-0.2, 0) is 13.2 Å². The Morgan fingerprint density at radius 2 is 1.84 bits per heavy atom. The molecular weight excluding hydrogens is 492 g/mol. The summed E-state index contributed by atoms with van der Waals surface area (Å²) < 4.78 is 35.0. The van der Waals surface area contributed by atoms with Gasteiger partial charge in [0.05, 0.1) is 6.04 Å². The molecule has 0 fully saturated rings. The first-order valence-electron chi connectivity index (χ1n) is 12.4. The lowest BCUT2D eigenvalue weighted by molar-refractivity contribution is 0.0608. The van der Waals surface area contributed by atoms with Crippen LogP contribution in [-0.4, -0.2) is 33.9 Å². The molecule has 2 aliphatic rings. The van der Waals surface area contributed by atoms with Crippen molar-refractivity contribution in [3.05, 3.63) is 111 Å². The zero-order chi connectivity index (χ0) is 27.0. The summed E-state index contributed by atoms with van der Waals surface area (Å²) in [5.74, 6) is -2.84. The van der Waals surface area contributed by atoms with Gasteiger partial charge in [-0.25, -0.2) is 8.78 Å². The number of carbonyl (C=O) groups excluding carboxylic acids is 2. The number of fused-ring (bicyclic) bond motifs is 4.